The van der Waals surface area contributed by atoms with Crippen molar-refractivity contribution in [2.45, 2.75) is 58.5 Å². The summed E-state index contributed by atoms with van der Waals surface area (Å²) in [6.45, 7) is 8.78. The summed E-state index contributed by atoms with van der Waals surface area (Å²) in [5.41, 5.74) is 2.73. The van der Waals surface area contributed by atoms with Gasteiger partial charge in [-0.25, -0.2) is 9.37 Å². The van der Waals surface area contributed by atoms with Gasteiger partial charge in [0, 0.05) is 12.2 Å². The molecule has 1 atom stereocenters. The highest BCUT2D eigenvalue weighted by molar-refractivity contribution is 5.82. The highest BCUT2D eigenvalue weighted by Gasteiger charge is 2.16. The molecule has 1 heterocycles. The maximum absolute atomic E-state index is 14.6. The van der Waals surface area contributed by atoms with E-state index in [0.717, 1.165) is 38.0 Å². The van der Waals surface area contributed by atoms with Crippen LogP contribution in [0.3, 0.4) is 0 Å². The van der Waals surface area contributed by atoms with Gasteiger partial charge in [0.1, 0.15) is 6.61 Å². The van der Waals surface area contributed by atoms with E-state index < -0.39 is 11.6 Å². The number of rotatable bonds is 14. The molecule has 1 aromatic heterocycles. The maximum atomic E-state index is 14.6. The second-order valence-corrected chi connectivity index (χ2v) is 8.56. The molecule has 3 aromatic rings. The Balaban J connectivity index is 1.59. The molecule has 0 aliphatic carbocycles. The van der Waals surface area contributed by atoms with Gasteiger partial charge in [-0.15, -0.1) is 0 Å². The fourth-order valence-corrected chi connectivity index (χ4v) is 3.73. The SMILES string of the molecule is C=CCOc1ccc(-c2ccc3nc(C=CCCCC(C)OCCCCC)cnc3c2)c(F)c1F. The van der Waals surface area contributed by atoms with Gasteiger partial charge in [0.15, 0.2) is 11.6 Å². The third-order valence-corrected chi connectivity index (χ3v) is 5.70. The van der Waals surface area contributed by atoms with Crippen LogP contribution in [0.5, 0.6) is 5.75 Å². The number of halogens is 2. The van der Waals surface area contributed by atoms with Gasteiger partial charge >= 0.3 is 0 Å². The van der Waals surface area contributed by atoms with Gasteiger partial charge in [-0.2, -0.15) is 4.39 Å². The van der Waals surface area contributed by atoms with Crippen molar-refractivity contribution in [2.75, 3.05) is 13.2 Å². The second-order valence-electron chi connectivity index (χ2n) is 8.56. The number of fused-ring (bicyclic) bond motifs is 1. The molecule has 0 saturated carbocycles. The zero-order valence-corrected chi connectivity index (χ0v) is 20.6. The summed E-state index contributed by atoms with van der Waals surface area (Å²) in [6.07, 6.45) is 14.1. The van der Waals surface area contributed by atoms with Crippen LogP contribution >= 0.6 is 0 Å². The summed E-state index contributed by atoms with van der Waals surface area (Å²) in [6, 6.07) is 8.11. The number of hydrogen-bond donors (Lipinski definition) is 0. The smallest absolute Gasteiger partial charge is 0.201 e. The van der Waals surface area contributed by atoms with Crippen LogP contribution in [0.15, 0.2) is 55.3 Å². The van der Waals surface area contributed by atoms with Crippen molar-refractivity contribution in [1.29, 1.82) is 0 Å². The molecular formula is C29H34F2N2O2. The number of nitrogens with zero attached hydrogens (tertiary/aromatic N) is 2. The van der Waals surface area contributed by atoms with Crippen LogP contribution in [0.4, 0.5) is 8.78 Å². The molecule has 35 heavy (non-hydrogen) atoms. The summed E-state index contributed by atoms with van der Waals surface area (Å²) in [5, 5.41) is 0. The standard InChI is InChI=1S/C29H34F2N2O2/c1-4-6-10-18-34-21(3)11-8-7-9-12-23-20-32-26-19-22(13-15-25(26)33-23)24-14-16-27(35-17-5-2)29(31)28(24)30/h5,9,12-16,19-21H,2,4,6-8,10-11,17-18H2,1,3H3. The van der Waals surface area contributed by atoms with E-state index in [4.69, 9.17) is 9.47 Å². The molecule has 4 nitrogen and oxygen atoms in total. The number of unbranched alkanes of at least 4 members (excludes halogenated alkanes) is 3. The van der Waals surface area contributed by atoms with Crippen LogP contribution in [0.2, 0.25) is 0 Å². The molecule has 0 amide bonds. The Morgan fingerprint density at radius 1 is 1.06 bits per heavy atom. The van der Waals surface area contributed by atoms with Gasteiger partial charge in [0.2, 0.25) is 5.82 Å². The van der Waals surface area contributed by atoms with Crippen molar-refractivity contribution in [3.05, 3.63) is 72.6 Å². The van der Waals surface area contributed by atoms with Gasteiger partial charge in [-0.05, 0) is 68.5 Å². The summed E-state index contributed by atoms with van der Waals surface area (Å²) >= 11 is 0. The summed E-state index contributed by atoms with van der Waals surface area (Å²) in [7, 11) is 0. The fourth-order valence-electron chi connectivity index (χ4n) is 3.73. The Kier molecular flexibility index (Phi) is 10.4. The van der Waals surface area contributed by atoms with Crippen LogP contribution < -0.4 is 4.74 Å². The largest absolute Gasteiger partial charge is 0.486 e. The van der Waals surface area contributed by atoms with E-state index in [2.05, 4.69) is 36.5 Å². The van der Waals surface area contributed by atoms with E-state index in [-0.39, 0.29) is 24.0 Å². The number of benzene rings is 2. The predicted molar refractivity (Wildman–Crippen MR) is 138 cm³/mol. The average molecular weight is 481 g/mol. The molecular weight excluding hydrogens is 446 g/mol. The highest BCUT2D eigenvalue weighted by Crippen LogP contribution is 2.31. The molecule has 0 saturated heterocycles. The molecule has 3 rings (SSSR count). The molecule has 2 aromatic carbocycles. The van der Waals surface area contributed by atoms with Gasteiger partial charge in [0.25, 0.3) is 0 Å². The lowest BCUT2D eigenvalue weighted by atomic mass is 10.0. The highest BCUT2D eigenvalue weighted by atomic mass is 19.2. The lowest BCUT2D eigenvalue weighted by Crippen LogP contribution is -2.08. The fraction of sp³-hybridized carbons (Fsp3) is 0.379. The van der Waals surface area contributed by atoms with Crippen molar-refractivity contribution in [2.24, 2.45) is 0 Å². The van der Waals surface area contributed by atoms with Crippen molar-refractivity contribution < 1.29 is 18.3 Å². The van der Waals surface area contributed by atoms with Gasteiger partial charge in [0.05, 0.1) is 29.0 Å². The van der Waals surface area contributed by atoms with Crippen LogP contribution in [0, 0.1) is 11.6 Å². The molecule has 0 aliphatic heterocycles. The van der Waals surface area contributed by atoms with E-state index in [0.29, 0.717) is 16.6 Å². The first-order valence-electron chi connectivity index (χ1n) is 12.3. The Hall–Kier alpha value is -3.12. The number of ether oxygens (including phenoxy) is 2. The molecule has 186 valence electrons. The van der Waals surface area contributed by atoms with E-state index in [1.54, 1.807) is 24.4 Å². The predicted octanol–water partition coefficient (Wildman–Crippen LogP) is 7.92. The van der Waals surface area contributed by atoms with E-state index in [1.165, 1.54) is 31.1 Å². The molecule has 0 radical (unpaired) electrons. The Morgan fingerprint density at radius 2 is 1.91 bits per heavy atom. The summed E-state index contributed by atoms with van der Waals surface area (Å²) in [5.74, 6) is -2.12. The third-order valence-electron chi connectivity index (χ3n) is 5.70. The quantitative estimate of drug-likeness (QED) is 0.174. The lowest BCUT2D eigenvalue weighted by Gasteiger charge is -2.12. The van der Waals surface area contributed by atoms with E-state index >= 15 is 0 Å². The van der Waals surface area contributed by atoms with Crippen molar-refractivity contribution >= 4 is 17.1 Å². The summed E-state index contributed by atoms with van der Waals surface area (Å²) < 4.78 is 40.0. The molecule has 0 bridgehead atoms. The van der Waals surface area contributed by atoms with Gasteiger partial charge < -0.3 is 9.47 Å². The topological polar surface area (TPSA) is 44.2 Å². The first kappa shape index (κ1) is 26.5. The second kappa shape index (κ2) is 13.7. The van der Waals surface area contributed by atoms with E-state index in [9.17, 15) is 8.78 Å². The minimum Gasteiger partial charge on any atom is -0.486 e. The minimum absolute atomic E-state index is 0.102. The van der Waals surface area contributed by atoms with Crippen LogP contribution in [-0.4, -0.2) is 29.3 Å². The van der Waals surface area contributed by atoms with Gasteiger partial charge in [-0.1, -0.05) is 44.6 Å². The molecule has 0 N–H and O–H groups in total. The van der Waals surface area contributed by atoms with Crippen LogP contribution in [0.25, 0.3) is 28.2 Å². The molecule has 1 unspecified atom stereocenters. The van der Waals surface area contributed by atoms with Crippen LogP contribution in [0.1, 0.15) is 58.1 Å². The molecule has 0 aliphatic rings. The van der Waals surface area contributed by atoms with Crippen LogP contribution in [-0.2, 0) is 4.74 Å². The number of hydrogen-bond acceptors (Lipinski definition) is 4. The van der Waals surface area contributed by atoms with Gasteiger partial charge in [-0.3, -0.25) is 4.98 Å². The Bertz CT molecular complexity index is 1150. The van der Waals surface area contributed by atoms with Crippen molar-refractivity contribution in [3.63, 3.8) is 0 Å². The molecule has 0 spiro atoms. The number of aromatic nitrogens is 2. The third kappa shape index (κ3) is 7.69. The Labute approximate surface area is 206 Å². The first-order chi connectivity index (χ1) is 17.0. The minimum atomic E-state index is -1.02. The zero-order chi connectivity index (χ0) is 25.0. The molecule has 0 fully saturated rings. The first-order valence-corrected chi connectivity index (χ1v) is 12.3. The van der Waals surface area contributed by atoms with Crippen molar-refractivity contribution in [1.82, 2.24) is 9.97 Å². The van der Waals surface area contributed by atoms with E-state index in [1.807, 2.05) is 6.08 Å². The van der Waals surface area contributed by atoms with Crippen molar-refractivity contribution in [3.8, 4) is 16.9 Å². The maximum Gasteiger partial charge on any atom is 0.201 e. The Morgan fingerprint density at radius 3 is 2.71 bits per heavy atom. The zero-order valence-electron chi connectivity index (χ0n) is 20.6. The number of allylic oxidation sites excluding steroid dienone is 1. The average Bonchev–Trinajstić information content (AvgIpc) is 2.87. The monoisotopic (exact) mass is 480 g/mol. The molecule has 6 heteroatoms. The normalized spacial score (nSPS) is 12.3. The summed E-state index contributed by atoms with van der Waals surface area (Å²) in [4.78, 5) is 9.09. The lowest BCUT2D eigenvalue weighted by molar-refractivity contribution is 0.0566.